The van der Waals surface area contributed by atoms with Gasteiger partial charge in [-0.05, 0) is 42.4 Å². The van der Waals surface area contributed by atoms with Crippen LogP contribution >= 0.6 is 0 Å². The second-order valence-electron chi connectivity index (χ2n) is 5.55. The highest BCUT2D eigenvalue weighted by molar-refractivity contribution is 5.49. The summed E-state index contributed by atoms with van der Waals surface area (Å²) >= 11 is 0. The van der Waals surface area contributed by atoms with Crippen molar-refractivity contribution in [3.05, 3.63) is 28.8 Å². The Morgan fingerprint density at radius 1 is 1.35 bits per heavy atom. The molecule has 2 N–H and O–H groups in total. The molecule has 17 heavy (non-hydrogen) atoms. The Balaban J connectivity index is 2.50. The average molecular weight is 233 g/mol. The molecule has 94 valence electrons. The van der Waals surface area contributed by atoms with Crippen LogP contribution in [-0.4, -0.2) is 13.7 Å². The molecule has 0 amide bonds. The van der Waals surface area contributed by atoms with Crippen LogP contribution in [0.3, 0.4) is 0 Å². The summed E-state index contributed by atoms with van der Waals surface area (Å²) in [4.78, 5) is 0. The van der Waals surface area contributed by atoms with Gasteiger partial charge in [0.1, 0.15) is 5.75 Å². The van der Waals surface area contributed by atoms with Gasteiger partial charge in [-0.3, -0.25) is 0 Å². The number of hydrogen-bond donors (Lipinski definition) is 1. The molecule has 0 aromatic heterocycles. The molecular weight excluding hydrogens is 210 g/mol. The third kappa shape index (κ3) is 2.06. The van der Waals surface area contributed by atoms with Crippen molar-refractivity contribution < 1.29 is 4.74 Å². The van der Waals surface area contributed by atoms with E-state index in [0.29, 0.717) is 5.92 Å². The van der Waals surface area contributed by atoms with Crippen LogP contribution in [0.2, 0.25) is 0 Å². The molecule has 0 radical (unpaired) electrons. The smallest absolute Gasteiger partial charge is 0.125 e. The number of methoxy groups -OCH3 is 1. The van der Waals surface area contributed by atoms with E-state index in [0.717, 1.165) is 12.3 Å². The largest absolute Gasteiger partial charge is 0.496 e. The maximum Gasteiger partial charge on any atom is 0.125 e. The van der Waals surface area contributed by atoms with Crippen LogP contribution in [-0.2, 0) is 5.41 Å². The van der Waals surface area contributed by atoms with Gasteiger partial charge in [-0.15, -0.1) is 0 Å². The van der Waals surface area contributed by atoms with E-state index in [1.807, 2.05) is 0 Å². The van der Waals surface area contributed by atoms with Crippen LogP contribution in [0.15, 0.2) is 12.1 Å². The van der Waals surface area contributed by atoms with E-state index in [1.165, 1.54) is 29.5 Å². The number of rotatable bonds is 4. The molecule has 2 heteroatoms. The van der Waals surface area contributed by atoms with Crippen LogP contribution in [0, 0.1) is 6.92 Å². The molecule has 0 aliphatic heterocycles. The van der Waals surface area contributed by atoms with Crippen LogP contribution in [0.5, 0.6) is 5.75 Å². The highest BCUT2D eigenvalue weighted by Gasteiger charge is 2.43. The highest BCUT2D eigenvalue weighted by atomic mass is 16.5. The van der Waals surface area contributed by atoms with Gasteiger partial charge in [-0.1, -0.05) is 26.0 Å². The summed E-state index contributed by atoms with van der Waals surface area (Å²) in [6.45, 7) is 7.31. The van der Waals surface area contributed by atoms with Crippen molar-refractivity contribution in [1.82, 2.24) is 0 Å². The Labute approximate surface area is 104 Å². The van der Waals surface area contributed by atoms with Crippen molar-refractivity contribution in [1.29, 1.82) is 0 Å². The van der Waals surface area contributed by atoms with Crippen molar-refractivity contribution in [3.8, 4) is 5.75 Å². The predicted molar refractivity (Wildman–Crippen MR) is 71.8 cm³/mol. The summed E-state index contributed by atoms with van der Waals surface area (Å²) in [6.07, 6.45) is 2.46. The third-order valence-corrected chi connectivity index (χ3v) is 3.99. The van der Waals surface area contributed by atoms with Crippen molar-refractivity contribution >= 4 is 0 Å². The minimum Gasteiger partial charge on any atom is -0.496 e. The van der Waals surface area contributed by atoms with Gasteiger partial charge in [-0.2, -0.15) is 0 Å². The number of ether oxygens (including phenoxy) is 1. The van der Waals surface area contributed by atoms with Gasteiger partial charge >= 0.3 is 0 Å². The lowest BCUT2D eigenvalue weighted by Gasteiger charge is -2.20. The Morgan fingerprint density at radius 3 is 2.41 bits per heavy atom. The van der Waals surface area contributed by atoms with Crippen molar-refractivity contribution in [2.75, 3.05) is 13.7 Å². The molecule has 0 bridgehead atoms. The maximum absolute atomic E-state index is 5.92. The van der Waals surface area contributed by atoms with Crippen molar-refractivity contribution in [3.63, 3.8) is 0 Å². The second-order valence-corrected chi connectivity index (χ2v) is 5.55. The molecule has 1 aromatic carbocycles. The van der Waals surface area contributed by atoms with Gasteiger partial charge in [0.25, 0.3) is 0 Å². The summed E-state index contributed by atoms with van der Waals surface area (Å²) in [5.74, 6) is 1.52. The first-order chi connectivity index (χ1) is 8.04. The van der Waals surface area contributed by atoms with Gasteiger partial charge in [0.15, 0.2) is 0 Å². The fraction of sp³-hybridized carbons (Fsp3) is 0.600. The Bertz CT molecular complexity index is 419. The summed E-state index contributed by atoms with van der Waals surface area (Å²) in [6, 6.07) is 4.56. The van der Waals surface area contributed by atoms with Crippen molar-refractivity contribution in [2.24, 2.45) is 5.73 Å². The normalized spacial score (nSPS) is 17.3. The standard InChI is InChI=1S/C15H23NO/c1-10(2)13-8-12(15(9-16)5-6-15)7-11(3)14(13)17-4/h7-8,10H,5-6,9,16H2,1-4H3. The Kier molecular flexibility index (Phi) is 3.17. The zero-order chi connectivity index (χ0) is 12.6. The van der Waals surface area contributed by atoms with E-state index in [4.69, 9.17) is 10.5 Å². The van der Waals surface area contributed by atoms with Gasteiger partial charge in [0.05, 0.1) is 7.11 Å². The van der Waals surface area contributed by atoms with E-state index >= 15 is 0 Å². The number of nitrogens with two attached hydrogens (primary N) is 1. The molecule has 2 rings (SSSR count). The Morgan fingerprint density at radius 2 is 2.00 bits per heavy atom. The lowest BCUT2D eigenvalue weighted by atomic mass is 9.89. The molecule has 2 nitrogen and oxygen atoms in total. The molecular formula is C15H23NO. The molecule has 1 aromatic rings. The lowest BCUT2D eigenvalue weighted by molar-refractivity contribution is 0.404. The predicted octanol–water partition coefficient (Wildman–Crippen LogP) is 3.12. The van der Waals surface area contributed by atoms with Gasteiger partial charge in [0.2, 0.25) is 0 Å². The van der Waals surface area contributed by atoms with E-state index < -0.39 is 0 Å². The average Bonchev–Trinajstić information content (AvgIpc) is 3.08. The summed E-state index contributed by atoms with van der Waals surface area (Å²) in [5.41, 5.74) is 10.1. The van der Waals surface area contributed by atoms with E-state index in [-0.39, 0.29) is 5.41 Å². The number of hydrogen-bond acceptors (Lipinski definition) is 2. The summed E-state index contributed by atoms with van der Waals surface area (Å²) in [7, 11) is 1.75. The van der Waals surface area contributed by atoms with Crippen LogP contribution in [0.1, 0.15) is 49.3 Å². The first-order valence-electron chi connectivity index (χ1n) is 6.43. The molecule has 0 unspecified atom stereocenters. The highest BCUT2D eigenvalue weighted by Crippen LogP contribution is 2.49. The molecule has 1 saturated carbocycles. The summed E-state index contributed by atoms with van der Waals surface area (Å²) < 4.78 is 5.53. The van der Waals surface area contributed by atoms with Crippen molar-refractivity contribution in [2.45, 2.75) is 44.9 Å². The molecule has 0 saturated heterocycles. The number of aryl methyl sites for hydroxylation is 1. The van der Waals surface area contributed by atoms with Crippen LogP contribution in [0.25, 0.3) is 0 Å². The first kappa shape index (κ1) is 12.4. The second kappa shape index (κ2) is 4.34. The lowest BCUT2D eigenvalue weighted by Crippen LogP contribution is -2.20. The summed E-state index contributed by atoms with van der Waals surface area (Å²) in [5, 5.41) is 0. The monoisotopic (exact) mass is 233 g/mol. The quantitative estimate of drug-likeness (QED) is 0.867. The number of benzene rings is 1. The molecule has 1 fully saturated rings. The maximum atomic E-state index is 5.92. The fourth-order valence-electron chi connectivity index (χ4n) is 2.58. The van der Waals surface area contributed by atoms with E-state index in [1.54, 1.807) is 7.11 Å². The Hall–Kier alpha value is -1.02. The first-order valence-corrected chi connectivity index (χ1v) is 6.43. The third-order valence-electron chi connectivity index (χ3n) is 3.99. The van der Waals surface area contributed by atoms with Crippen LogP contribution in [0.4, 0.5) is 0 Å². The topological polar surface area (TPSA) is 35.2 Å². The van der Waals surface area contributed by atoms with Gasteiger partial charge in [-0.25, -0.2) is 0 Å². The van der Waals surface area contributed by atoms with E-state index in [2.05, 4.69) is 32.9 Å². The fourth-order valence-corrected chi connectivity index (χ4v) is 2.58. The minimum atomic E-state index is 0.265. The van der Waals surface area contributed by atoms with Crippen LogP contribution < -0.4 is 10.5 Å². The SMILES string of the molecule is COc1c(C)cc(C2(CN)CC2)cc1C(C)C. The zero-order valence-electron chi connectivity index (χ0n) is 11.3. The molecule has 0 spiro atoms. The molecule has 1 aliphatic carbocycles. The minimum absolute atomic E-state index is 0.265. The molecule has 1 aliphatic rings. The van der Waals surface area contributed by atoms with Gasteiger partial charge in [0, 0.05) is 12.0 Å². The van der Waals surface area contributed by atoms with Gasteiger partial charge < -0.3 is 10.5 Å². The molecule has 0 heterocycles. The molecule has 0 atom stereocenters. The zero-order valence-corrected chi connectivity index (χ0v) is 11.3. The van der Waals surface area contributed by atoms with E-state index in [9.17, 15) is 0 Å².